The third kappa shape index (κ3) is 4.09. The summed E-state index contributed by atoms with van der Waals surface area (Å²) in [5, 5.41) is 0. The van der Waals surface area contributed by atoms with Crippen LogP contribution in [0.3, 0.4) is 0 Å². The summed E-state index contributed by atoms with van der Waals surface area (Å²) >= 11 is 0. The van der Waals surface area contributed by atoms with E-state index in [0.717, 1.165) is 5.56 Å². The van der Waals surface area contributed by atoms with Crippen LogP contribution >= 0.6 is 10.7 Å². The molecule has 78 valence electrons. The third-order valence-electron chi connectivity index (χ3n) is 1.64. The Kier molecular flexibility index (Phi) is 3.92. The number of hydrogen-bond acceptors (Lipinski definition) is 3. The maximum absolute atomic E-state index is 10.8. The molecule has 0 spiro atoms. The molecular formula is C9H11ClO3S. The molecule has 0 unspecified atom stereocenters. The van der Waals surface area contributed by atoms with Gasteiger partial charge in [-0.1, -0.05) is 24.3 Å². The first-order valence-electron chi connectivity index (χ1n) is 4.00. The smallest absolute Gasteiger partial charge is 0.236 e. The first kappa shape index (κ1) is 11.5. The van der Waals surface area contributed by atoms with E-state index in [1.807, 2.05) is 6.07 Å². The maximum Gasteiger partial charge on any atom is 0.236 e. The summed E-state index contributed by atoms with van der Waals surface area (Å²) in [6, 6.07) is 7.14. The molecule has 0 N–H and O–H groups in total. The van der Waals surface area contributed by atoms with Crippen LogP contribution in [0.25, 0.3) is 0 Å². The minimum atomic E-state index is -3.48. The van der Waals surface area contributed by atoms with Crippen LogP contribution in [0.1, 0.15) is 11.1 Å². The highest BCUT2D eigenvalue weighted by molar-refractivity contribution is 8.13. The van der Waals surface area contributed by atoms with E-state index in [1.165, 1.54) is 0 Å². The average molecular weight is 235 g/mol. The van der Waals surface area contributed by atoms with Crippen molar-refractivity contribution in [2.24, 2.45) is 0 Å². The number of ether oxygens (including phenoxy) is 1. The zero-order valence-electron chi connectivity index (χ0n) is 7.73. The normalized spacial score (nSPS) is 11.6. The van der Waals surface area contributed by atoms with Gasteiger partial charge in [0.25, 0.3) is 0 Å². The van der Waals surface area contributed by atoms with Gasteiger partial charge in [-0.3, -0.25) is 0 Å². The van der Waals surface area contributed by atoms with E-state index in [9.17, 15) is 8.42 Å². The lowest BCUT2D eigenvalue weighted by atomic mass is 10.1. The Morgan fingerprint density at radius 2 is 2.00 bits per heavy atom. The van der Waals surface area contributed by atoms with Gasteiger partial charge >= 0.3 is 0 Å². The Bertz CT molecular complexity index is 400. The Hall–Kier alpha value is -0.580. The lowest BCUT2D eigenvalue weighted by Crippen LogP contribution is -1.96. The number of methoxy groups -OCH3 is 1. The molecule has 1 aromatic carbocycles. The molecule has 0 aliphatic rings. The highest BCUT2D eigenvalue weighted by atomic mass is 35.7. The van der Waals surface area contributed by atoms with E-state index in [4.69, 9.17) is 15.4 Å². The van der Waals surface area contributed by atoms with Gasteiger partial charge in [-0.25, -0.2) is 8.42 Å². The molecule has 0 amide bonds. The molecule has 5 heteroatoms. The third-order valence-corrected chi connectivity index (χ3v) is 2.65. The fourth-order valence-electron chi connectivity index (χ4n) is 1.17. The highest BCUT2D eigenvalue weighted by Gasteiger charge is 2.06. The molecule has 0 saturated carbocycles. The molecule has 0 radical (unpaired) electrons. The summed E-state index contributed by atoms with van der Waals surface area (Å²) in [4.78, 5) is 0. The lowest BCUT2D eigenvalue weighted by Gasteiger charge is -2.02. The highest BCUT2D eigenvalue weighted by Crippen LogP contribution is 2.12. The second-order valence-corrected chi connectivity index (χ2v) is 5.71. The molecule has 0 heterocycles. The maximum atomic E-state index is 10.8. The van der Waals surface area contributed by atoms with E-state index in [0.29, 0.717) is 12.2 Å². The monoisotopic (exact) mass is 234 g/mol. The Balaban J connectivity index is 2.83. The van der Waals surface area contributed by atoms with Gasteiger partial charge in [-0.15, -0.1) is 0 Å². The fraction of sp³-hybridized carbons (Fsp3) is 0.333. The predicted octanol–water partition coefficient (Wildman–Crippen LogP) is 1.90. The summed E-state index contributed by atoms with van der Waals surface area (Å²) in [7, 11) is 3.25. The van der Waals surface area contributed by atoms with Gasteiger partial charge in [0.05, 0.1) is 12.4 Å². The quantitative estimate of drug-likeness (QED) is 0.748. The van der Waals surface area contributed by atoms with Crippen molar-refractivity contribution in [1.29, 1.82) is 0 Å². The molecule has 0 aliphatic carbocycles. The Morgan fingerprint density at radius 3 is 2.57 bits per heavy atom. The van der Waals surface area contributed by atoms with Crippen LogP contribution in [0.2, 0.25) is 0 Å². The molecule has 1 rings (SSSR count). The summed E-state index contributed by atoms with van der Waals surface area (Å²) in [6.45, 7) is 0.468. The number of halogens is 1. The van der Waals surface area contributed by atoms with E-state index in [1.54, 1.807) is 25.3 Å². The van der Waals surface area contributed by atoms with Crippen LogP contribution in [0.4, 0.5) is 0 Å². The SMILES string of the molecule is COCc1cccc(CS(=O)(=O)Cl)c1. The number of hydrogen-bond donors (Lipinski definition) is 0. The van der Waals surface area contributed by atoms with Crippen molar-refractivity contribution in [1.82, 2.24) is 0 Å². The first-order valence-corrected chi connectivity index (χ1v) is 6.48. The van der Waals surface area contributed by atoms with E-state index >= 15 is 0 Å². The van der Waals surface area contributed by atoms with E-state index in [2.05, 4.69) is 0 Å². The standard InChI is InChI=1S/C9H11ClO3S/c1-13-6-8-3-2-4-9(5-8)7-14(10,11)12/h2-5H,6-7H2,1H3. The second kappa shape index (κ2) is 4.77. The van der Waals surface area contributed by atoms with Crippen LogP contribution in [-0.4, -0.2) is 15.5 Å². The molecule has 3 nitrogen and oxygen atoms in total. The van der Waals surface area contributed by atoms with Crippen molar-refractivity contribution in [3.63, 3.8) is 0 Å². The van der Waals surface area contributed by atoms with Gasteiger partial charge in [0.1, 0.15) is 0 Å². The molecule has 0 saturated heterocycles. The topological polar surface area (TPSA) is 43.4 Å². The van der Waals surface area contributed by atoms with Crippen molar-refractivity contribution >= 4 is 19.7 Å². The first-order chi connectivity index (χ1) is 6.51. The van der Waals surface area contributed by atoms with E-state index < -0.39 is 9.05 Å². The number of rotatable bonds is 4. The summed E-state index contributed by atoms with van der Waals surface area (Å²) < 4.78 is 26.5. The van der Waals surface area contributed by atoms with Crippen molar-refractivity contribution in [2.45, 2.75) is 12.4 Å². The molecule has 0 aromatic heterocycles. The molecule has 0 aliphatic heterocycles. The minimum Gasteiger partial charge on any atom is -0.380 e. The molecule has 14 heavy (non-hydrogen) atoms. The minimum absolute atomic E-state index is 0.147. The molecular weight excluding hydrogens is 224 g/mol. The van der Waals surface area contributed by atoms with Crippen LogP contribution in [0.15, 0.2) is 24.3 Å². The molecule has 0 atom stereocenters. The van der Waals surface area contributed by atoms with Gasteiger partial charge in [0.2, 0.25) is 9.05 Å². The van der Waals surface area contributed by atoms with Crippen molar-refractivity contribution in [3.8, 4) is 0 Å². The Labute approximate surface area is 88.1 Å². The van der Waals surface area contributed by atoms with Crippen LogP contribution in [0, 0.1) is 0 Å². The van der Waals surface area contributed by atoms with Gasteiger partial charge < -0.3 is 4.74 Å². The molecule has 0 bridgehead atoms. The van der Waals surface area contributed by atoms with Gasteiger partial charge in [0.15, 0.2) is 0 Å². The van der Waals surface area contributed by atoms with Gasteiger partial charge in [0, 0.05) is 17.8 Å². The summed E-state index contributed by atoms with van der Waals surface area (Å²) in [5.41, 5.74) is 1.61. The number of benzene rings is 1. The van der Waals surface area contributed by atoms with Crippen LogP contribution in [0.5, 0.6) is 0 Å². The van der Waals surface area contributed by atoms with E-state index in [-0.39, 0.29) is 5.75 Å². The fourth-order valence-corrected chi connectivity index (χ4v) is 2.13. The van der Waals surface area contributed by atoms with Gasteiger partial charge in [-0.05, 0) is 11.1 Å². The van der Waals surface area contributed by atoms with Crippen LogP contribution in [-0.2, 0) is 26.1 Å². The second-order valence-electron chi connectivity index (χ2n) is 2.94. The zero-order chi connectivity index (χ0) is 10.6. The van der Waals surface area contributed by atoms with Crippen LogP contribution < -0.4 is 0 Å². The zero-order valence-corrected chi connectivity index (χ0v) is 9.31. The summed E-state index contributed by atoms with van der Waals surface area (Å²) in [6.07, 6.45) is 0. The van der Waals surface area contributed by atoms with Crippen molar-refractivity contribution in [3.05, 3.63) is 35.4 Å². The van der Waals surface area contributed by atoms with Gasteiger partial charge in [-0.2, -0.15) is 0 Å². The van der Waals surface area contributed by atoms with Crippen molar-refractivity contribution in [2.75, 3.05) is 7.11 Å². The largest absolute Gasteiger partial charge is 0.380 e. The average Bonchev–Trinajstić information content (AvgIpc) is 2.02. The summed E-state index contributed by atoms with van der Waals surface area (Å²) in [5.74, 6) is -0.147. The van der Waals surface area contributed by atoms with Crippen molar-refractivity contribution < 1.29 is 13.2 Å². The Morgan fingerprint density at radius 1 is 1.36 bits per heavy atom. The predicted molar refractivity (Wildman–Crippen MR) is 55.6 cm³/mol. The lowest BCUT2D eigenvalue weighted by molar-refractivity contribution is 0.185. The molecule has 1 aromatic rings. The molecule has 0 fully saturated rings.